The van der Waals surface area contributed by atoms with Gasteiger partial charge in [0.1, 0.15) is 34.6 Å². The van der Waals surface area contributed by atoms with E-state index >= 15 is 0 Å². The Bertz CT molecular complexity index is 1140. The Kier molecular flexibility index (Phi) is 6.31. The van der Waals surface area contributed by atoms with Gasteiger partial charge in [0.15, 0.2) is 0 Å². The molecule has 1 aliphatic rings. The molecule has 1 aromatic carbocycles. The number of carbonyl (C=O) groups is 1. The van der Waals surface area contributed by atoms with Gasteiger partial charge in [-0.1, -0.05) is 6.07 Å². The Morgan fingerprint density at radius 3 is 2.91 bits per heavy atom. The number of ether oxygens (including phenoxy) is 1. The number of benzene rings is 1. The number of hydrogen-bond acceptors (Lipinski definition) is 6. The van der Waals surface area contributed by atoms with Crippen molar-refractivity contribution in [2.45, 2.75) is 38.1 Å². The van der Waals surface area contributed by atoms with Crippen LogP contribution in [0.2, 0.25) is 0 Å². The maximum atomic E-state index is 14.4. The summed E-state index contributed by atoms with van der Waals surface area (Å²) in [5.74, 6) is -2.03. The van der Waals surface area contributed by atoms with Crippen LogP contribution in [0.25, 0.3) is 10.6 Å². The lowest BCUT2D eigenvalue weighted by molar-refractivity contribution is 0.0247. The minimum Gasteiger partial charge on any atom is -0.369 e. The number of nitrogens with two attached hydrogens (primary N) is 1. The standard InChI is InChI=1S/C21H22F3N5O2S/c1-10-3-4-11(22)17(18(10)24)21-28-15(9-32-21)20(30)27-14-7-26-29(2)19(14)16-6-5-13(25)12(23)8-31-16/h3-4,7,9,12-13,16H,5-6,8,25H2,1-2H3,(H,27,30). The van der Waals surface area contributed by atoms with E-state index in [2.05, 4.69) is 15.4 Å². The molecule has 1 saturated heterocycles. The van der Waals surface area contributed by atoms with Gasteiger partial charge in [0, 0.05) is 18.5 Å². The second-order valence-corrected chi connectivity index (χ2v) is 8.55. The summed E-state index contributed by atoms with van der Waals surface area (Å²) in [4.78, 5) is 16.9. The number of anilines is 1. The molecule has 3 aromatic rings. The molecule has 0 bridgehead atoms. The number of alkyl halides is 1. The fourth-order valence-corrected chi connectivity index (χ4v) is 4.45. The summed E-state index contributed by atoms with van der Waals surface area (Å²) in [5, 5.41) is 8.39. The van der Waals surface area contributed by atoms with Crippen molar-refractivity contribution in [1.29, 1.82) is 0 Å². The first-order chi connectivity index (χ1) is 15.3. The zero-order valence-electron chi connectivity index (χ0n) is 17.4. The quantitative estimate of drug-likeness (QED) is 0.610. The summed E-state index contributed by atoms with van der Waals surface area (Å²) in [5.41, 5.74) is 6.78. The molecule has 32 heavy (non-hydrogen) atoms. The van der Waals surface area contributed by atoms with Gasteiger partial charge in [0.2, 0.25) is 0 Å². The van der Waals surface area contributed by atoms with E-state index in [9.17, 15) is 18.0 Å². The maximum Gasteiger partial charge on any atom is 0.275 e. The van der Waals surface area contributed by atoms with Crippen molar-refractivity contribution in [2.24, 2.45) is 12.8 Å². The number of aromatic nitrogens is 3. The maximum absolute atomic E-state index is 14.4. The Hall–Kier alpha value is -2.76. The number of aryl methyl sites for hydroxylation is 2. The van der Waals surface area contributed by atoms with Gasteiger partial charge in [-0.3, -0.25) is 9.48 Å². The average molecular weight is 466 g/mol. The minimum absolute atomic E-state index is 0.00717. The largest absolute Gasteiger partial charge is 0.369 e. The zero-order chi connectivity index (χ0) is 23.0. The fraction of sp³-hybridized carbons (Fsp3) is 0.381. The first kappa shape index (κ1) is 22.4. The van der Waals surface area contributed by atoms with E-state index in [1.165, 1.54) is 24.6 Å². The third kappa shape index (κ3) is 4.27. The van der Waals surface area contributed by atoms with Crippen molar-refractivity contribution in [3.63, 3.8) is 0 Å². The van der Waals surface area contributed by atoms with E-state index in [4.69, 9.17) is 10.5 Å². The van der Waals surface area contributed by atoms with Crippen LogP contribution in [0, 0.1) is 18.6 Å². The highest BCUT2D eigenvalue weighted by molar-refractivity contribution is 7.13. The van der Waals surface area contributed by atoms with E-state index in [0.717, 1.165) is 17.4 Å². The Balaban J connectivity index is 1.56. The van der Waals surface area contributed by atoms with E-state index in [0.29, 0.717) is 24.2 Å². The molecule has 3 N–H and O–H groups in total. The summed E-state index contributed by atoms with van der Waals surface area (Å²) >= 11 is 0.966. The molecule has 3 unspecified atom stereocenters. The van der Waals surface area contributed by atoms with Gasteiger partial charge in [-0.2, -0.15) is 5.10 Å². The molecule has 2 aromatic heterocycles. The summed E-state index contributed by atoms with van der Waals surface area (Å²) in [6.45, 7) is 1.38. The molecule has 0 saturated carbocycles. The lowest BCUT2D eigenvalue weighted by atomic mass is 10.0. The molecule has 11 heteroatoms. The van der Waals surface area contributed by atoms with Crippen LogP contribution in [0.1, 0.15) is 40.7 Å². The number of nitrogens with one attached hydrogen (secondary N) is 1. The number of amides is 1. The molecule has 1 fully saturated rings. The molecule has 0 aliphatic carbocycles. The van der Waals surface area contributed by atoms with Crippen LogP contribution < -0.4 is 11.1 Å². The van der Waals surface area contributed by atoms with Crippen LogP contribution in [0.3, 0.4) is 0 Å². The summed E-state index contributed by atoms with van der Waals surface area (Å²) in [6.07, 6.45) is 0.597. The van der Waals surface area contributed by atoms with Crippen LogP contribution in [0.4, 0.5) is 18.9 Å². The Morgan fingerprint density at radius 1 is 1.34 bits per heavy atom. The fourth-order valence-electron chi connectivity index (χ4n) is 3.61. The first-order valence-electron chi connectivity index (χ1n) is 10.0. The van der Waals surface area contributed by atoms with E-state index < -0.39 is 35.9 Å². The van der Waals surface area contributed by atoms with Crippen molar-refractivity contribution in [3.8, 4) is 10.6 Å². The second-order valence-electron chi connectivity index (χ2n) is 7.69. The number of carbonyl (C=O) groups excluding carboxylic acids is 1. The zero-order valence-corrected chi connectivity index (χ0v) is 18.3. The first-order valence-corrected chi connectivity index (χ1v) is 10.9. The normalized spacial score (nSPS) is 21.4. The Labute approximate surface area is 186 Å². The highest BCUT2D eigenvalue weighted by Gasteiger charge is 2.30. The topological polar surface area (TPSA) is 95.1 Å². The van der Waals surface area contributed by atoms with Crippen LogP contribution in [-0.4, -0.2) is 39.5 Å². The van der Waals surface area contributed by atoms with E-state index in [1.807, 2.05) is 0 Å². The molecule has 7 nitrogen and oxygen atoms in total. The van der Waals surface area contributed by atoms with Gasteiger partial charge in [0.05, 0.1) is 29.7 Å². The molecule has 1 aliphatic heterocycles. The van der Waals surface area contributed by atoms with Gasteiger partial charge in [-0.15, -0.1) is 11.3 Å². The average Bonchev–Trinajstić information content (AvgIpc) is 3.34. The van der Waals surface area contributed by atoms with Crippen molar-refractivity contribution in [1.82, 2.24) is 14.8 Å². The molecule has 4 rings (SSSR count). The highest BCUT2D eigenvalue weighted by Crippen LogP contribution is 2.33. The molecule has 170 valence electrons. The monoisotopic (exact) mass is 465 g/mol. The third-order valence-electron chi connectivity index (χ3n) is 5.46. The number of thiazole rings is 1. The molecule has 1 amide bonds. The van der Waals surface area contributed by atoms with Crippen LogP contribution in [0.5, 0.6) is 0 Å². The van der Waals surface area contributed by atoms with Gasteiger partial charge < -0.3 is 15.8 Å². The van der Waals surface area contributed by atoms with Crippen molar-refractivity contribution in [3.05, 3.63) is 52.3 Å². The number of halogens is 3. The summed E-state index contributed by atoms with van der Waals surface area (Å²) in [6, 6.07) is 1.90. The number of nitrogens with zero attached hydrogens (tertiary/aromatic N) is 3. The predicted octanol–water partition coefficient (Wildman–Crippen LogP) is 3.90. The van der Waals surface area contributed by atoms with Crippen molar-refractivity contribution < 1.29 is 22.7 Å². The number of rotatable bonds is 4. The third-order valence-corrected chi connectivity index (χ3v) is 6.32. The number of hydrogen-bond donors (Lipinski definition) is 2. The summed E-state index contributed by atoms with van der Waals surface area (Å²) < 4.78 is 49.7. The van der Waals surface area contributed by atoms with Crippen molar-refractivity contribution in [2.75, 3.05) is 11.9 Å². The molecule has 0 spiro atoms. The van der Waals surface area contributed by atoms with Crippen LogP contribution in [0.15, 0.2) is 23.7 Å². The molecule has 0 radical (unpaired) electrons. The van der Waals surface area contributed by atoms with Gasteiger partial charge in [-0.25, -0.2) is 18.2 Å². The smallest absolute Gasteiger partial charge is 0.275 e. The molecule has 3 atom stereocenters. The van der Waals surface area contributed by atoms with Crippen LogP contribution in [-0.2, 0) is 11.8 Å². The molecular weight excluding hydrogens is 443 g/mol. The lowest BCUT2D eigenvalue weighted by Crippen LogP contribution is -2.32. The molecule has 3 heterocycles. The molecular formula is C21H22F3N5O2S. The van der Waals surface area contributed by atoms with Gasteiger partial charge in [-0.05, 0) is 31.4 Å². The van der Waals surface area contributed by atoms with Gasteiger partial charge in [0.25, 0.3) is 5.91 Å². The SMILES string of the molecule is Cc1ccc(F)c(-c2nc(C(=O)Nc3cnn(C)c3C3CCC(N)C(F)CO3)cs2)c1F. The van der Waals surface area contributed by atoms with E-state index in [-0.39, 0.29) is 28.4 Å². The predicted molar refractivity (Wildman–Crippen MR) is 114 cm³/mol. The van der Waals surface area contributed by atoms with Crippen molar-refractivity contribution >= 4 is 22.9 Å². The van der Waals surface area contributed by atoms with Gasteiger partial charge >= 0.3 is 0 Å². The minimum atomic E-state index is -1.26. The van der Waals surface area contributed by atoms with Crippen LogP contribution >= 0.6 is 11.3 Å². The van der Waals surface area contributed by atoms with E-state index in [1.54, 1.807) is 11.7 Å². The lowest BCUT2D eigenvalue weighted by Gasteiger charge is -2.17. The highest BCUT2D eigenvalue weighted by atomic mass is 32.1. The Morgan fingerprint density at radius 2 is 2.12 bits per heavy atom. The second kappa shape index (κ2) is 9.00. The summed E-state index contributed by atoms with van der Waals surface area (Å²) in [7, 11) is 1.69.